The minimum absolute atomic E-state index is 0.121. The molecule has 32 heavy (non-hydrogen) atoms. The molecule has 4 aliphatic carbocycles. The lowest BCUT2D eigenvalue weighted by molar-refractivity contribution is -0.0727. The molecule has 5 nitrogen and oxygen atoms in total. The number of aromatic nitrogens is 1. The smallest absolute Gasteiger partial charge is 0.274 e. The van der Waals surface area contributed by atoms with Crippen molar-refractivity contribution in [2.45, 2.75) is 85.3 Å². The molecule has 5 heteroatoms. The zero-order valence-corrected chi connectivity index (χ0v) is 19.9. The van der Waals surface area contributed by atoms with Gasteiger partial charge >= 0.3 is 0 Å². The highest BCUT2D eigenvalue weighted by atomic mass is 16.5. The average molecular weight is 437 g/mol. The van der Waals surface area contributed by atoms with Gasteiger partial charge in [-0.25, -0.2) is 0 Å². The van der Waals surface area contributed by atoms with Gasteiger partial charge in [-0.1, -0.05) is 24.2 Å². The second kappa shape index (κ2) is 8.24. The summed E-state index contributed by atoms with van der Waals surface area (Å²) in [5.74, 6) is 3.94. The van der Waals surface area contributed by atoms with Crippen LogP contribution in [0.4, 0.5) is 0 Å². The van der Waals surface area contributed by atoms with Crippen LogP contribution in [-0.4, -0.2) is 17.1 Å². The van der Waals surface area contributed by atoms with Gasteiger partial charge < -0.3 is 14.6 Å². The molecule has 1 atom stereocenters. The van der Waals surface area contributed by atoms with E-state index in [4.69, 9.17) is 9.26 Å². The van der Waals surface area contributed by atoms with Gasteiger partial charge in [-0.15, -0.1) is 0 Å². The van der Waals surface area contributed by atoms with Crippen LogP contribution in [0.5, 0.6) is 5.75 Å². The van der Waals surface area contributed by atoms with E-state index in [1.165, 1.54) is 44.1 Å². The zero-order valence-electron chi connectivity index (χ0n) is 19.9. The van der Waals surface area contributed by atoms with Crippen LogP contribution in [0.15, 0.2) is 22.7 Å². The summed E-state index contributed by atoms with van der Waals surface area (Å²) in [6.45, 7) is 8.46. The van der Waals surface area contributed by atoms with Crippen LogP contribution in [0, 0.1) is 43.9 Å². The van der Waals surface area contributed by atoms with Gasteiger partial charge in [0.25, 0.3) is 5.91 Å². The maximum absolute atomic E-state index is 13.4. The summed E-state index contributed by atoms with van der Waals surface area (Å²) in [5, 5.41) is 7.53. The molecule has 1 aromatic carbocycles. The molecule has 4 aliphatic rings. The molecule has 4 saturated carbocycles. The predicted octanol–water partition coefficient (Wildman–Crippen LogP) is 5.90. The maximum atomic E-state index is 13.4. The Morgan fingerprint density at radius 1 is 1.16 bits per heavy atom. The molecular weight excluding hydrogens is 400 g/mol. The summed E-state index contributed by atoms with van der Waals surface area (Å²) < 4.78 is 11.5. The van der Waals surface area contributed by atoms with E-state index in [1.54, 1.807) is 0 Å². The third kappa shape index (κ3) is 3.74. The highest BCUT2D eigenvalue weighted by Crippen LogP contribution is 2.61. The van der Waals surface area contributed by atoms with E-state index in [-0.39, 0.29) is 24.0 Å². The van der Waals surface area contributed by atoms with E-state index < -0.39 is 0 Å². The van der Waals surface area contributed by atoms with Gasteiger partial charge in [0.2, 0.25) is 0 Å². The molecular formula is C27H36N2O3. The fourth-order valence-electron chi connectivity index (χ4n) is 7.29. The number of hydrogen-bond acceptors (Lipinski definition) is 4. The average Bonchev–Trinajstić information content (AvgIpc) is 3.12. The Balaban J connectivity index is 1.32. The molecule has 1 aromatic heterocycles. The third-order valence-corrected chi connectivity index (χ3v) is 8.67. The van der Waals surface area contributed by atoms with E-state index in [9.17, 15) is 4.79 Å². The molecule has 0 saturated heterocycles. The molecule has 6 rings (SSSR count). The summed E-state index contributed by atoms with van der Waals surface area (Å²) in [7, 11) is 0. The van der Waals surface area contributed by atoms with Gasteiger partial charge in [-0.05, 0) is 106 Å². The van der Waals surface area contributed by atoms with Gasteiger partial charge in [0, 0.05) is 6.04 Å². The summed E-state index contributed by atoms with van der Waals surface area (Å²) >= 11 is 0. The summed E-state index contributed by atoms with van der Waals surface area (Å²) in [4.78, 5) is 13.4. The molecule has 4 bridgehead atoms. The van der Waals surface area contributed by atoms with Crippen molar-refractivity contribution in [3.05, 3.63) is 46.3 Å². The Morgan fingerprint density at radius 2 is 1.81 bits per heavy atom. The Morgan fingerprint density at radius 3 is 2.44 bits per heavy atom. The normalized spacial score (nSPS) is 29.2. The number of carbonyl (C=O) groups is 1. The molecule has 2 aromatic rings. The van der Waals surface area contributed by atoms with Crippen molar-refractivity contribution in [2.24, 2.45) is 23.2 Å². The standard InChI is InChI=1S/C27H36N2O3/c1-5-24(27-12-19-9-20(13-27)11-21(10-19)14-27)28-26(30)25-22(18(4)32-29-25)15-31-23-8-6-7-16(2)17(23)3/h6-8,19-21,24H,5,9-15H2,1-4H3,(H,28,30). The summed E-state index contributed by atoms with van der Waals surface area (Å²) in [6, 6.07) is 6.23. The van der Waals surface area contributed by atoms with E-state index in [0.717, 1.165) is 41.1 Å². The number of benzene rings is 1. The Labute approximate surface area is 191 Å². The first kappa shape index (κ1) is 21.5. The number of hydrogen-bond donors (Lipinski definition) is 1. The molecule has 0 spiro atoms. The van der Waals surface area contributed by atoms with Crippen molar-refractivity contribution in [3.63, 3.8) is 0 Å². The Hall–Kier alpha value is -2.30. The van der Waals surface area contributed by atoms with Crippen molar-refractivity contribution < 1.29 is 14.1 Å². The molecule has 4 fully saturated rings. The van der Waals surface area contributed by atoms with Crippen LogP contribution in [0.1, 0.15) is 84.8 Å². The second-order valence-corrected chi connectivity index (χ2v) is 10.8. The Kier molecular flexibility index (Phi) is 5.55. The fraction of sp³-hybridized carbons (Fsp3) is 0.630. The lowest BCUT2D eigenvalue weighted by atomic mass is 9.47. The molecule has 0 radical (unpaired) electrons. The number of carbonyl (C=O) groups excluding carboxylic acids is 1. The van der Waals surface area contributed by atoms with Gasteiger partial charge in [-0.2, -0.15) is 0 Å². The van der Waals surface area contributed by atoms with Crippen LogP contribution in [0.2, 0.25) is 0 Å². The van der Waals surface area contributed by atoms with E-state index in [1.807, 2.05) is 19.1 Å². The van der Waals surface area contributed by atoms with Gasteiger partial charge in [-0.3, -0.25) is 4.79 Å². The van der Waals surface area contributed by atoms with Crippen LogP contribution in [0.3, 0.4) is 0 Å². The first-order chi connectivity index (χ1) is 15.4. The quantitative estimate of drug-likeness (QED) is 0.586. The second-order valence-electron chi connectivity index (χ2n) is 10.8. The number of rotatable bonds is 7. The SMILES string of the molecule is CCC(NC(=O)c1noc(C)c1COc1cccc(C)c1C)C12CC3CC(CC(C3)C1)C2. The van der Waals surface area contributed by atoms with Crippen LogP contribution >= 0.6 is 0 Å². The van der Waals surface area contributed by atoms with Gasteiger partial charge in [0.15, 0.2) is 5.69 Å². The van der Waals surface area contributed by atoms with Crippen molar-refractivity contribution in [2.75, 3.05) is 0 Å². The number of aryl methyl sites for hydroxylation is 2. The molecule has 1 unspecified atom stereocenters. The van der Waals surface area contributed by atoms with Crippen LogP contribution < -0.4 is 10.1 Å². The minimum atomic E-state index is -0.121. The van der Waals surface area contributed by atoms with E-state index >= 15 is 0 Å². The van der Waals surface area contributed by atoms with E-state index in [0.29, 0.717) is 11.5 Å². The number of ether oxygens (including phenoxy) is 1. The van der Waals surface area contributed by atoms with Crippen LogP contribution in [0.25, 0.3) is 0 Å². The fourth-order valence-corrected chi connectivity index (χ4v) is 7.29. The largest absolute Gasteiger partial charge is 0.488 e. The molecule has 1 amide bonds. The third-order valence-electron chi connectivity index (χ3n) is 8.67. The first-order valence-corrected chi connectivity index (χ1v) is 12.3. The minimum Gasteiger partial charge on any atom is -0.488 e. The maximum Gasteiger partial charge on any atom is 0.274 e. The highest BCUT2D eigenvalue weighted by Gasteiger charge is 2.54. The van der Waals surface area contributed by atoms with Crippen molar-refractivity contribution in [1.82, 2.24) is 10.5 Å². The van der Waals surface area contributed by atoms with Gasteiger partial charge in [0.05, 0.1) is 5.56 Å². The molecule has 172 valence electrons. The monoisotopic (exact) mass is 436 g/mol. The zero-order chi connectivity index (χ0) is 22.5. The number of nitrogens with zero attached hydrogens (tertiary/aromatic N) is 1. The number of nitrogens with one attached hydrogen (secondary N) is 1. The summed E-state index contributed by atoms with van der Waals surface area (Å²) in [6.07, 6.45) is 9.02. The summed E-state index contributed by atoms with van der Waals surface area (Å²) in [5.41, 5.74) is 3.68. The van der Waals surface area contributed by atoms with Crippen molar-refractivity contribution in [3.8, 4) is 5.75 Å². The highest BCUT2D eigenvalue weighted by molar-refractivity contribution is 5.94. The molecule has 1 N–H and O–H groups in total. The van der Waals surface area contributed by atoms with Crippen molar-refractivity contribution in [1.29, 1.82) is 0 Å². The number of amides is 1. The van der Waals surface area contributed by atoms with Gasteiger partial charge in [0.1, 0.15) is 18.1 Å². The molecule has 0 aliphatic heterocycles. The van der Waals surface area contributed by atoms with E-state index in [2.05, 4.69) is 37.3 Å². The Bertz CT molecular complexity index is 973. The first-order valence-electron chi connectivity index (χ1n) is 12.3. The molecule has 1 heterocycles. The lowest BCUT2D eigenvalue weighted by Crippen LogP contribution is -2.56. The van der Waals surface area contributed by atoms with Crippen molar-refractivity contribution >= 4 is 5.91 Å². The lowest BCUT2D eigenvalue weighted by Gasteiger charge is -2.59. The topological polar surface area (TPSA) is 64.4 Å². The van der Waals surface area contributed by atoms with Crippen LogP contribution in [-0.2, 0) is 6.61 Å². The predicted molar refractivity (Wildman–Crippen MR) is 124 cm³/mol.